The maximum atomic E-state index is 12.4. The molecule has 0 saturated carbocycles. The van der Waals surface area contributed by atoms with Gasteiger partial charge in [0.05, 0.1) is 0 Å². The summed E-state index contributed by atoms with van der Waals surface area (Å²) < 4.78 is 0. The van der Waals surface area contributed by atoms with Gasteiger partial charge in [-0.05, 0) is 24.8 Å². The molecule has 4 heteroatoms. The highest BCUT2D eigenvalue weighted by molar-refractivity contribution is 5.97. The maximum absolute atomic E-state index is 12.4. The van der Waals surface area contributed by atoms with Crippen LogP contribution in [0.1, 0.15) is 38.8 Å². The molecule has 1 aromatic carbocycles. The molecule has 2 unspecified atom stereocenters. The van der Waals surface area contributed by atoms with E-state index in [0.717, 1.165) is 12.0 Å². The number of nitrogens with zero attached hydrogens (tertiary/aromatic N) is 1. The summed E-state index contributed by atoms with van der Waals surface area (Å²) in [5.74, 6) is 0.408. The van der Waals surface area contributed by atoms with E-state index in [1.54, 1.807) is 11.8 Å². The van der Waals surface area contributed by atoms with Crippen molar-refractivity contribution in [1.82, 2.24) is 10.2 Å². The smallest absolute Gasteiger partial charge is 0.248 e. The molecule has 0 radical (unpaired) electrons. The first-order valence-electron chi connectivity index (χ1n) is 7.16. The van der Waals surface area contributed by atoms with Crippen LogP contribution in [0.3, 0.4) is 0 Å². The van der Waals surface area contributed by atoms with E-state index in [2.05, 4.69) is 19.2 Å². The SMILES string of the molecule is CC(C)CCN1C(=O)C(C)NC(=O)C1c1ccccc1. The largest absolute Gasteiger partial charge is 0.342 e. The molecule has 1 aromatic rings. The summed E-state index contributed by atoms with van der Waals surface area (Å²) in [6.07, 6.45) is 0.898. The van der Waals surface area contributed by atoms with Gasteiger partial charge in [0.25, 0.3) is 0 Å². The molecule has 1 heterocycles. The standard InChI is InChI=1S/C16H22N2O2/c1-11(2)9-10-18-14(13-7-5-4-6-8-13)15(19)17-12(3)16(18)20/h4-8,11-12,14H,9-10H2,1-3H3,(H,17,19). The predicted octanol–water partition coefficient (Wildman–Crippen LogP) is 2.12. The van der Waals surface area contributed by atoms with E-state index in [-0.39, 0.29) is 11.8 Å². The molecule has 1 N–H and O–H groups in total. The zero-order valence-electron chi connectivity index (χ0n) is 12.3. The van der Waals surface area contributed by atoms with Crippen molar-refractivity contribution in [3.8, 4) is 0 Å². The quantitative estimate of drug-likeness (QED) is 0.914. The van der Waals surface area contributed by atoms with Gasteiger partial charge < -0.3 is 10.2 Å². The fraction of sp³-hybridized carbons (Fsp3) is 0.500. The first kappa shape index (κ1) is 14.6. The van der Waals surface area contributed by atoms with E-state index in [1.807, 2.05) is 30.3 Å². The lowest BCUT2D eigenvalue weighted by Crippen LogP contribution is -2.58. The molecule has 2 atom stereocenters. The van der Waals surface area contributed by atoms with Gasteiger partial charge in [0.1, 0.15) is 12.1 Å². The summed E-state index contributed by atoms with van der Waals surface area (Å²) in [5.41, 5.74) is 0.869. The van der Waals surface area contributed by atoms with E-state index >= 15 is 0 Å². The number of hydrogen-bond donors (Lipinski definition) is 1. The number of carbonyl (C=O) groups excluding carboxylic acids is 2. The molecule has 4 nitrogen and oxygen atoms in total. The van der Waals surface area contributed by atoms with Crippen molar-refractivity contribution in [3.63, 3.8) is 0 Å². The first-order valence-corrected chi connectivity index (χ1v) is 7.16. The van der Waals surface area contributed by atoms with Crippen LogP contribution in [0.2, 0.25) is 0 Å². The van der Waals surface area contributed by atoms with Gasteiger partial charge in [0, 0.05) is 6.54 Å². The summed E-state index contributed by atoms with van der Waals surface area (Å²) in [6.45, 7) is 6.60. The second-order valence-corrected chi connectivity index (χ2v) is 5.76. The molecule has 0 aliphatic carbocycles. The Bertz CT molecular complexity index is 485. The normalized spacial score (nSPS) is 23.1. The fourth-order valence-electron chi connectivity index (χ4n) is 2.47. The van der Waals surface area contributed by atoms with Gasteiger partial charge >= 0.3 is 0 Å². The molecule has 2 rings (SSSR count). The Labute approximate surface area is 120 Å². The van der Waals surface area contributed by atoms with Gasteiger partial charge in [-0.2, -0.15) is 0 Å². The van der Waals surface area contributed by atoms with E-state index < -0.39 is 12.1 Å². The van der Waals surface area contributed by atoms with Gasteiger partial charge in [-0.25, -0.2) is 0 Å². The van der Waals surface area contributed by atoms with Crippen LogP contribution in [-0.4, -0.2) is 29.3 Å². The Morgan fingerprint density at radius 2 is 1.85 bits per heavy atom. The van der Waals surface area contributed by atoms with Crippen LogP contribution in [0.5, 0.6) is 0 Å². The number of carbonyl (C=O) groups is 2. The average Bonchev–Trinajstić information content (AvgIpc) is 2.42. The third-order valence-electron chi connectivity index (χ3n) is 3.63. The van der Waals surface area contributed by atoms with Crippen LogP contribution in [0.15, 0.2) is 30.3 Å². The molecular weight excluding hydrogens is 252 g/mol. The van der Waals surface area contributed by atoms with Gasteiger partial charge in [0.2, 0.25) is 11.8 Å². The number of rotatable bonds is 4. The molecule has 108 valence electrons. The van der Waals surface area contributed by atoms with Crippen molar-refractivity contribution in [3.05, 3.63) is 35.9 Å². The minimum atomic E-state index is -0.501. The van der Waals surface area contributed by atoms with Crippen LogP contribution in [0.25, 0.3) is 0 Å². The summed E-state index contributed by atoms with van der Waals surface area (Å²) in [4.78, 5) is 26.4. The molecule has 1 aliphatic heterocycles. The number of benzene rings is 1. The predicted molar refractivity (Wildman–Crippen MR) is 78.0 cm³/mol. The Balaban J connectivity index is 2.28. The van der Waals surface area contributed by atoms with Crippen molar-refractivity contribution in [2.24, 2.45) is 5.92 Å². The molecule has 0 spiro atoms. The van der Waals surface area contributed by atoms with Gasteiger partial charge in [-0.1, -0.05) is 44.2 Å². The Morgan fingerprint density at radius 3 is 2.45 bits per heavy atom. The van der Waals surface area contributed by atoms with Crippen LogP contribution >= 0.6 is 0 Å². The van der Waals surface area contributed by atoms with Gasteiger partial charge in [-0.15, -0.1) is 0 Å². The van der Waals surface area contributed by atoms with Crippen molar-refractivity contribution >= 4 is 11.8 Å². The summed E-state index contributed by atoms with van der Waals surface area (Å²) >= 11 is 0. The highest BCUT2D eigenvalue weighted by Crippen LogP contribution is 2.26. The molecule has 2 amide bonds. The van der Waals surface area contributed by atoms with Crippen LogP contribution in [0.4, 0.5) is 0 Å². The van der Waals surface area contributed by atoms with E-state index in [9.17, 15) is 9.59 Å². The minimum Gasteiger partial charge on any atom is -0.342 e. The molecule has 0 bridgehead atoms. The summed E-state index contributed by atoms with van der Waals surface area (Å²) in [7, 11) is 0. The third-order valence-corrected chi connectivity index (χ3v) is 3.63. The van der Waals surface area contributed by atoms with Crippen molar-refractivity contribution < 1.29 is 9.59 Å². The topological polar surface area (TPSA) is 49.4 Å². The van der Waals surface area contributed by atoms with E-state index in [1.165, 1.54) is 0 Å². The maximum Gasteiger partial charge on any atom is 0.248 e. The zero-order chi connectivity index (χ0) is 14.7. The molecule has 1 saturated heterocycles. The Hall–Kier alpha value is -1.84. The lowest BCUT2D eigenvalue weighted by Gasteiger charge is -2.38. The monoisotopic (exact) mass is 274 g/mol. The Kier molecular flexibility index (Phi) is 4.42. The summed E-state index contributed by atoms with van der Waals surface area (Å²) in [6, 6.07) is 8.56. The second-order valence-electron chi connectivity index (χ2n) is 5.76. The van der Waals surface area contributed by atoms with Crippen LogP contribution in [-0.2, 0) is 9.59 Å². The molecule has 0 aromatic heterocycles. The lowest BCUT2D eigenvalue weighted by molar-refractivity contribution is -0.149. The van der Waals surface area contributed by atoms with Crippen LogP contribution in [0, 0.1) is 5.92 Å². The highest BCUT2D eigenvalue weighted by Gasteiger charge is 2.39. The highest BCUT2D eigenvalue weighted by atomic mass is 16.2. The van der Waals surface area contributed by atoms with Crippen molar-refractivity contribution in [2.45, 2.75) is 39.3 Å². The van der Waals surface area contributed by atoms with Crippen LogP contribution < -0.4 is 5.32 Å². The average molecular weight is 274 g/mol. The lowest BCUT2D eigenvalue weighted by atomic mass is 9.99. The van der Waals surface area contributed by atoms with Crippen molar-refractivity contribution in [2.75, 3.05) is 6.54 Å². The van der Waals surface area contributed by atoms with E-state index in [0.29, 0.717) is 12.5 Å². The molecule has 1 fully saturated rings. The zero-order valence-corrected chi connectivity index (χ0v) is 12.3. The number of hydrogen-bond acceptors (Lipinski definition) is 2. The summed E-state index contributed by atoms with van der Waals surface area (Å²) in [5, 5.41) is 2.77. The van der Waals surface area contributed by atoms with Gasteiger partial charge in [-0.3, -0.25) is 9.59 Å². The number of amides is 2. The molecular formula is C16H22N2O2. The molecule has 1 aliphatic rings. The first-order chi connectivity index (χ1) is 9.50. The minimum absolute atomic E-state index is 0.000830. The van der Waals surface area contributed by atoms with E-state index in [4.69, 9.17) is 0 Å². The van der Waals surface area contributed by atoms with Crippen molar-refractivity contribution in [1.29, 1.82) is 0 Å². The number of piperazine rings is 1. The number of nitrogens with one attached hydrogen (secondary N) is 1. The molecule has 20 heavy (non-hydrogen) atoms. The Morgan fingerprint density at radius 1 is 1.20 bits per heavy atom. The third kappa shape index (κ3) is 3.00. The fourth-order valence-corrected chi connectivity index (χ4v) is 2.47. The second kappa shape index (κ2) is 6.07. The van der Waals surface area contributed by atoms with Gasteiger partial charge in [0.15, 0.2) is 0 Å².